The highest BCUT2D eigenvalue weighted by atomic mass is 35.5. The van der Waals surface area contributed by atoms with Crippen LogP contribution in [0.4, 0.5) is 0 Å². The monoisotopic (exact) mass is 280 g/mol. The fourth-order valence-electron chi connectivity index (χ4n) is 1.79. The zero-order valence-electron chi connectivity index (χ0n) is 10.6. The molecule has 0 atom stereocenters. The van der Waals surface area contributed by atoms with E-state index in [2.05, 4.69) is 10.3 Å². The van der Waals surface area contributed by atoms with Crippen LogP contribution in [0.2, 0.25) is 5.15 Å². The number of aromatic nitrogens is 1. The van der Waals surface area contributed by atoms with Gasteiger partial charge in [0.1, 0.15) is 5.15 Å². The highest BCUT2D eigenvalue weighted by molar-refractivity contribution is 6.30. The Kier molecular flexibility index (Phi) is 5.54. The first-order valence-corrected chi connectivity index (χ1v) is 6.62. The lowest BCUT2D eigenvalue weighted by Crippen LogP contribution is -2.20. The van der Waals surface area contributed by atoms with Crippen LogP contribution in [0.25, 0.3) is 10.9 Å². The van der Waals surface area contributed by atoms with Crippen molar-refractivity contribution in [1.82, 2.24) is 10.3 Å². The van der Waals surface area contributed by atoms with Crippen molar-refractivity contribution in [2.45, 2.75) is 6.54 Å². The molecule has 0 fully saturated rings. The van der Waals surface area contributed by atoms with E-state index in [0.29, 0.717) is 31.5 Å². The second-order valence-corrected chi connectivity index (χ2v) is 4.50. The molecule has 2 aromatic rings. The average molecular weight is 281 g/mol. The van der Waals surface area contributed by atoms with E-state index < -0.39 is 0 Å². The van der Waals surface area contributed by atoms with Crippen LogP contribution in [-0.4, -0.2) is 36.5 Å². The predicted molar refractivity (Wildman–Crippen MR) is 76.4 cm³/mol. The van der Waals surface area contributed by atoms with Crippen molar-refractivity contribution < 1.29 is 9.84 Å². The highest BCUT2D eigenvalue weighted by Gasteiger charge is 2.04. The summed E-state index contributed by atoms with van der Waals surface area (Å²) in [6, 6.07) is 9.94. The van der Waals surface area contributed by atoms with Gasteiger partial charge >= 0.3 is 0 Å². The molecule has 0 saturated heterocycles. The van der Waals surface area contributed by atoms with Crippen LogP contribution < -0.4 is 5.32 Å². The maximum Gasteiger partial charge on any atom is 0.134 e. The van der Waals surface area contributed by atoms with Gasteiger partial charge in [-0.15, -0.1) is 0 Å². The normalized spacial score (nSPS) is 11.1. The summed E-state index contributed by atoms with van der Waals surface area (Å²) in [5, 5.41) is 13.4. The van der Waals surface area contributed by atoms with Gasteiger partial charge in [-0.3, -0.25) is 0 Å². The van der Waals surface area contributed by atoms with Gasteiger partial charge in [0.15, 0.2) is 0 Å². The minimum Gasteiger partial charge on any atom is -0.394 e. The second-order valence-electron chi connectivity index (χ2n) is 4.14. The van der Waals surface area contributed by atoms with Crippen LogP contribution in [0.15, 0.2) is 30.3 Å². The minimum absolute atomic E-state index is 0.0560. The first kappa shape index (κ1) is 14.2. The molecule has 0 aliphatic rings. The van der Waals surface area contributed by atoms with Crippen LogP contribution in [0, 0.1) is 0 Å². The van der Waals surface area contributed by atoms with E-state index in [-0.39, 0.29) is 6.61 Å². The summed E-state index contributed by atoms with van der Waals surface area (Å²) in [6.07, 6.45) is 0. The van der Waals surface area contributed by atoms with E-state index in [1.54, 1.807) is 0 Å². The van der Waals surface area contributed by atoms with Crippen molar-refractivity contribution in [2.24, 2.45) is 0 Å². The Balaban J connectivity index is 1.91. The van der Waals surface area contributed by atoms with E-state index in [0.717, 1.165) is 16.5 Å². The summed E-state index contributed by atoms with van der Waals surface area (Å²) < 4.78 is 5.16. The number of halogens is 1. The SMILES string of the molecule is OCCOCCNCc1cc2ccccc2nc1Cl. The van der Waals surface area contributed by atoms with E-state index in [1.165, 1.54) is 0 Å². The number of rotatable bonds is 7. The van der Waals surface area contributed by atoms with E-state index in [4.69, 9.17) is 21.4 Å². The van der Waals surface area contributed by atoms with Crippen molar-refractivity contribution in [1.29, 1.82) is 0 Å². The summed E-state index contributed by atoms with van der Waals surface area (Å²) >= 11 is 6.15. The number of fused-ring (bicyclic) bond motifs is 1. The molecule has 4 nitrogen and oxygen atoms in total. The summed E-state index contributed by atoms with van der Waals surface area (Å²) in [7, 11) is 0. The summed E-state index contributed by atoms with van der Waals surface area (Å²) in [4.78, 5) is 4.37. The number of aliphatic hydroxyl groups excluding tert-OH is 1. The number of aliphatic hydroxyl groups is 1. The van der Waals surface area contributed by atoms with Gasteiger partial charge in [0.25, 0.3) is 0 Å². The van der Waals surface area contributed by atoms with Crippen LogP contribution in [0.3, 0.4) is 0 Å². The van der Waals surface area contributed by atoms with Crippen LogP contribution in [-0.2, 0) is 11.3 Å². The molecular formula is C14H17ClN2O2. The fraction of sp³-hybridized carbons (Fsp3) is 0.357. The number of para-hydroxylation sites is 1. The largest absolute Gasteiger partial charge is 0.394 e. The van der Waals surface area contributed by atoms with Gasteiger partial charge in [-0.05, 0) is 12.1 Å². The first-order valence-electron chi connectivity index (χ1n) is 6.25. The first-order chi connectivity index (χ1) is 9.31. The molecule has 2 rings (SSSR count). The van der Waals surface area contributed by atoms with Gasteiger partial charge in [0.05, 0.1) is 25.3 Å². The zero-order valence-corrected chi connectivity index (χ0v) is 11.4. The van der Waals surface area contributed by atoms with Crippen molar-refractivity contribution in [3.63, 3.8) is 0 Å². The van der Waals surface area contributed by atoms with Gasteiger partial charge in [-0.2, -0.15) is 0 Å². The minimum atomic E-state index is 0.0560. The molecule has 0 spiro atoms. The van der Waals surface area contributed by atoms with Gasteiger partial charge in [-0.25, -0.2) is 4.98 Å². The summed E-state index contributed by atoms with van der Waals surface area (Å²) in [5.41, 5.74) is 1.88. The Morgan fingerprint density at radius 2 is 2.11 bits per heavy atom. The van der Waals surface area contributed by atoms with Gasteiger partial charge < -0.3 is 15.2 Å². The predicted octanol–water partition coefficient (Wildman–Crippen LogP) is 1.99. The standard InChI is InChI=1S/C14H17ClN2O2/c15-14-12(10-16-5-7-19-8-6-18)9-11-3-1-2-4-13(11)17-14/h1-4,9,16,18H,5-8,10H2. The number of hydrogen-bond acceptors (Lipinski definition) is 4. The van der Waals surface area contributed by atoms with Crippen molar-refractivity contribution in [3.8, 4) is 0 Å². The van der Waals surface area contributed by atoms with E-state index in [1.807, 2.05) is 30.3 Å². The maximum absolute atomic E-state index is 8.57. The molecule has 0 saturated carbocycles. The molecule has 0 aliphatic heterocycles. The fourth-order valence-corrected chi connectivity index (χ4v) is 2.01. The Morgan fingerprint density at radius 1 is 1.26 bits per heavy atom. The third kappa shape index (κ3) is 4.14. The molecule has 1 aromatic heterocycles. The van der Waals surface area contributed by atoms with Gasteiger partial charge in [-0.1, -0.05) is 29.8 Å². The molecule has 0 bridgehead atoms. The maximum atomic E-state index is 8.57. The van der Waals surface area contributed by atoms with Crippen molar-refractivity contribution in [2.75, 3.05) is 26.4 Å². The molecule has 19 heavy (non-hydrogen) atoms. The molecule has 1 aromatic carbocycles. The molecule has 0 radical (unpaired) electrons. The van der Waals surface area contributed by atoms with Gasteiger partial charge in [0.2, 0.25) is 0 Å². The molecular weight excluding hydrogens is 264 g/mol. The number of nitrogens with zero attached hydrogens (tertiary/aromatic N) is 1. The van der Waals surface area contributed by atoms with Crippen LogP contribution in [0.1, 0.15) is 5.56 Å². The Bertz CT molecular complexity index is 534. The molecule has 0 amide bonds. The lowest BCUT2D eigenvalue weighted by atomic mass is 10.1. The molecule has 0 unspecified atom stereocenters. The highest BCUT2D eigenvalue weighted by Crippen LogP contribution is 2.20. The van der Waals surface area contributed by atoms with Gasteiger partial charge in [0, 0.05) is 24.0 Å². The summed E-state index contributed by atoms with van der Waals surface area (Å²) in [5.74, 6) is 0. The molecule has 102 valence electrons. The third-order valence-corrected chi connectivity index (χ3v) is 3.05. The Morgan fingerprint density at radius 3 is 2.95 bits per heavy atom. The topological polar surface area (TPSA) is 54.4 Å². The third-order valence-electron chi connectivity index (χ3n) is 2.72. The van der Waals surface area contributed by atoms with Crippen LogP contribution in [0.5, 0.6) is 0 Å². The molecule has 2 N–H and O–H groups in total. The lowest BCUT2D eigenvalue weighted by molar-refractivity contribution is 0.0938. The van der Waals surface area contributed by atoms with Crippen molar-refractivity contribution in [3.05, 3.63) is 41.0 Å². The lowest BCUT2D eigenvalue weighted by Gasteiger charge is -2.08. The number of hydrogen-bond donors (Lipinski definition) is 2. The Labute approximate surface area is 117 Å². The summed E-state index contributed by atoms with van der Waals surface area (Å²) in [6.45, 7) is 2.36. The average Bonchev–Trinajstić information content (AvgIpc) is 2.43. The number of nitrogens with one attached hydrogen (secondary N) is 1. The van der Waals surface area contributed by atoms with E-state index >= 15 is 0 Å². The second kappa shape index (κ2) is 7.40. The van der Waals surface area contributed by atoms with Crippen molar-refractivity contribution >= 4 is 22.5 Å². The number of benzene rings is 1. The molecule has 0 aliphatic carbocycles. The molecule has 5 heteroatoms. The van der Waals surface area contributed by atoms with Crippen LogP contribution >= 0.6 is 11.6 Å². The van der Waals surface area contributed by atoms with E-state index in [9.17, 15) is 0 Å². The zero-order chi connectivity index (χ0) is 13.5. The Hall–Kier alpha value is -1.20. The quantitative estimate of drug-likeness (QED) is 0.602. The smallest absolute Gasteiger partial charge is 0.134 e. The number of pyridine rings is 1. The molecule has 1 heterocycles. The number of ether oxygens (including phenoxy) is 1.